The Morgan fingerprint density at radius 1 is 0.939 bits per heavy atom. The molecule has 1 aliphatic heterocycles. The molecule has 1 aliphatic rings. The maximum Gasteiger partial charge on any atom is 0.373 e. The Bertz CT molecular complexity index is 1320. The van der Waals surface area contributed by atoms with Gasteiger partial charge in [-0.15, -0.1) is 0 Å². The average Bonchev–Trinajstić information content (AvgIpc) is 2.94. The number of nitrogens with one attached hydrogen (secondary N) is 1. The fraction of sp³-hybridized carbons (Fsp3) is 0.0400. The summed E-state index contributed by atoms with van der Waals surface area (Å²) in [6, 6.07) is 24.8. The Hall–Kier alpha value is -4.32. The van der Waals surface area contributed by atoms with Crippen LogP contribution in [0.15, 0.2) is 85.1 Å². The standard InChI is InChI=1S/C24H17ClN4O.CO2/c25-17-11-12-20-21(14-17)29(19-9-5-2-6-10-19)22(30)13-16-15-26-24(28-23(16)20)27-18-7-3-1-4-8-18;2-1-3/h1-12,14-15H,13H2,(H,26,27,28);. The zero-order chi connectivity index (χ0) is 23.2. The second-order valence-corrected chi connectivity index (χ2v) is 7.48. The molecule has 1 N–H and O–H groups in total. The lowest BCUT2D eigenvalue weighted by Crippen LogP contribution is -2.26. The SMILES string of the molecule is O=C1Cc2cnc(Nc3ccccc3)nc2-c2ccc(Cl)cc2N1c1ccccc1.O=C=O. The first-order valence-corrected chi connectivity index (χ1v) is 10.3. The molecule has 5 rings (SSSR count). The van der Waals surface area contributed by atoms with Crippen LogP contribution in [0.2, 0.25) is 5.02 Å². The topological polar surface area (TPSA) is 92.3 Å². The molecule has 3 aromatic carbocycles. The summed E-state index contributed by atoms with van der Waals surface area (Å²) in [7, 11) is 0. The molecule has 0 radical (unpaired) electrons. The summed E-state index contributed by atoms with van der Waals surface area (Å²) < 4.78 is 0. The van der Waals surface area contributed by atoms with Gasteiger partial charge in [-0.1, -0.05) is 48.0 Å². The zero-order valence-corrected chi connectivity index (χ0v) is 18.0. The normalized spacial score (nSPS) is 11.8. The average molecular weight is 457 g/mol. The minimum absolute atomic E-state index is 0.0594. The number of hydrogen-bond acceptors (Lipinski definition) is 6. The number of hydrogen-bond donors (Lipinski definition) is 1. The lowest BCUT2D eigenvalue weighted by atomic mass is 10.0. The van der Waals surface area contributed by atoms with Crippen LogP contribution >= 0.6 is 11.6 Å². The van der Waals surface area contributed by atoms with Crippen LogP contribution < -0.4 is 10.2 Å². The molecule has 0 aliphatic carbocycles. The molecule has 4 aromatic rings. The number of carbonyl (C=O) groups excluding carboxylic acids is 3. The van der Waals surface area contributed by atoms with Gasteiger partial charge < -0.3 is 5.32 Å². The van der Waals surface area contributed by atoms with Crippen LogP contribution in [0, 0.1) is 0 Å². The van der Waals surface area contributed by atoms with E-state index in [1.54, 1.807) is 11.1 Å². The van der Waals surface area contributed by atoms with E-state index in [4.69, 9.17) is 26.2 Å². The van der Waals surface area contributed by atoms with E-state index in [9.17, 15) is 4.79 Å². The molecular weight excluding hydrogens is 440 g/mol. The van der Waals surface area contributed by atoms with Crippen molar-refractivity contribution in [3.8, 4) is 11.3 Å². The number of anilines is 4. The summed E-state index contributed by atoms with van der Waals surface area (Å²) >= 11 is 6.31. The largest absolute Gasteiger partial charge is 0.373 e. The highest BCUT2D eigenvalue weighted by molar-refractivity contribution is 6.31. The van der Waals surface area contributed by atoms with Crippen molar-refractivity contribution < 1.29 is 14.4 Å². The lowest BCUT2D eigenvalue weighted by molar-refractivity contribution is -0.191. The van der Waals surface area contributed by atoms with Crippen molar-refractivity contribution in [3.05, 3.63) is 95.6 Å². The smallest absolute Gasteiger partial charge is 0.324 e. The number of halogens is 1. The van der Waals surface area contributed by atoms with Gasteiger partial charge in [-0.3, -0.25) is 9.69 Å². The number of para-hydroxylation sites is 2. The molecule has 1 amide bonds. The van der Waals surface area contributed by atoms with Crippen molar-refractivity contribution in [2.45, 2.75) is 6.42 Å². The fourth-order valence-electron chi connectivity index (χ4n) is 3.61. The number of aromatic nitrogens is 2. The van der Waals surface area contributed by atoms with Gasteiger partial charge >= 0.3 is 6.15 Å². The van der Waals surface area contributed by atoms with Crippen LogP contribution in [-0.4, -0.2) is 22.0 Å². The third-order valence-corrected chi connectivity index (χ3v) is 5.19. The van der Waals surface area contributed by atoms with Crippen molar-refractivity contribution in [1.29, 1.82) is 0 Å². The van der Waals surface area contributed by atoms with E-state index in [0.29, 0.717) is 16.7 Å². The summed E-state index contributed by atoms with van der Waals surface area (Å²) in [4.78, 5) is 40.4. The van der Waals surface area contributed by atoms with Gasteiger partial charge in [-0.25, -0.2) is 9.97 Å². The van der Waals surface area contributed by atoms with Crippen molar-refractivity contribution in [1.82, 2.24) is 9.97 Å². The van der Waals surface area contributed by atoms with E-state index in [1.165, 1.54) is 0 Å². The molecule has 0 bridgehead atoms. The molecule has 162 valence electrons. The number of fused-ring (bicyclic) bond motifs is 3. The van der Waals surface area contributed by atoms with Crippen LogP contribution in [0.1, 0.15) is 5.56 Å². The van der Waals surface area contributed by atoms with Gasteiger partial charge in [0.1, 0.15) is 0 Å². The number of amides is 1. The highest BCUT2D eigenvalue weighted by Crippen LogP contribution is 2.41. The van der Waals surface area contributed by atoms with Crippen molar-refractivity contribution in [2.75, 3.05) is 10.2 Å². The minimum Gasteiger partial charge on any atom is -0.324 e. The number of carbonyl (C=O) groups is 1. The first kappa shape index (κ1) is 21.9. The number of benzene rings is 3. The summed E-state index contributed by atoms with van der Waals surface area (Å²) in [5.41, 5.74) is 4.73. The lowest BCUT2D eigenvalue weighted by Gasteiger charge is -2.23. The number of rotatable bonds is 3. The Morgan fingerprint density at radius 2 is 1.61 bits per heavy atom. The molecule has 0 spiro atoms. The molecule has 0 fully saturated rings. The Labute approximate surface area is 194 Å². The van der Waals surface area contributed by atoms with Crippen LogP contribution in [0.4, 0.5) is 23.0 Å². The molecule has 0 saturated heterocycles. The van der Waals surface area contributed by atoms with E-state index in [1.807, 2.05) is 78.9 Å². The fourth-order valence-corrected chi connectivity index (χ4v) is 3.77. The van der Waals surface area contributed by atoms with Gasteiger partial charge in [0.25, 0.3) is 0 Å². The maximum atomic E-state index is 13.2. The predicted octanol–water partition coefficient (Wildman–Crippen LogP) is 5.18. The Kier molecular flexibility index (Phi) is 6.55. The first-order chi connectivity index (χ1) is 16.1. The van der Waals surface area contributed by atoms with Crippen LogP contribution in [-0.2, 0) is 20.8 Å². The van der Waals surface area contributed by atoms with Crippen LogP contribution in [0.25, 0.3) is 11.3 Å². The molecule has 7 nitrogen and oxygen atoms in total. The van der Waals surface area contributed by atoms with Crippen molar-refractivity contribution in [2.24, 2.45) is 0 Å². The highest BCUT2D eigenvalue weighted by atomic mass is 35.5. The van der Waals surface area contributed by atoms with E-state index in [0.717, 1.165) is 28.2 Å². The second-order valence-electron chi connectivity index (χ2n) is 7.04. The zero-order valence-electron chi connectivity index (χ0n) is 17.2. The monoisotopic (exact) mass is 456 g/mol. The quantitative estimate of drug-likeness (QED) is 0.456. The molecule has 0 atom stereocenters. The van der Waals surface area contributed by atoms with Crippen LogP contribution in [0.3, 0.4) is 0 Å². The van der Waals surface area contributed by atoms with Gasteiger partial charge in [0.2, 0.25) is 11.9 Å². The van der Waals surface area contributed by atoms with Crippen molar-refractivity contribution in [3.63, 3.8) is 0 Å². The summed E-state index contributed by atoms with van der Waals surface area (Å²) in [5.74, 6) is 0.414. The molecule has 0 unspecified atom stereocenters. The molecule has 2 heterocycles. The van der Waals surface area contributed by atoms with Gasteiger partial charge in [-0.2, -0.15) is 9.59 Å². The second kappa shape index (κ2) is 9.87. The summed E-state index contributed by atoms with van der Waals surface area (Å²) in [6.07, 6.45) is 2.17. The van der Waals surface area contributed by atoms with E-state index in [2.05, 4.69) is 10.3 Å². The van der Waals surface area contributed by atoms with Gasteiger partial charge in [-0.05, 0) is 42.5 Å². The van der Waals surface area contributed by atoms with E-state index >= 15 is 0 Å². The maximum absolute atomic E-state index is 13.2. The van der Waals surface area contributed by atoms with Gasteiger partial charge in [0, 0.05) is 33.7 Å². The molecule has 8 heteroatoms. The summed E-state index contributed by atoms with van der Waals surface area (Å²) in [6.45, 7) is 0. The predicted molar refractivity (Wildman–Crippen MR) is 125 cm³/mol. The Balaban J connectivity index is 0.000000821. The van der Waals surface area contributed by atoms with Gasteiger partial charge in [0.05, 0.1) is 17.8 Å². The molecule has 33 heavy (non-hydrogen) atoms. The molecule has 0 saturated carbocycles. The number of nitrogens with zero attached hydrogens (tertiary/aromatic N) is 3. The third kappa shape index (κ3) is 4.80. The summed E-state index contributed by atoms with van der Waals surface area (Å²) in [5, 5.41) is 3.78. The first-order valence-electron chi connectivity index (χ1n) is 9.96. The molecule has 1 aromatic heterocycles. The van der Waals surface area contributed by atoms with E-state index < -0.39 is 0 Å². The minimum atomic E-state index is -0.0594. The van der Waals surface area contributed by atoms with Crippen molar-refractivity contribution >= 4 is 46.7 Å². The third-order valence-electron chi connectivity index (χ3n) is 4.96. The highest BCUT2D eigenvalue weighted by Gasteiger charge is 2.28. The van der Waals surface area contributed by atoms with Crippen LogP contribution in [0.5, 0.6) is 0 Å². The van der Waals surface area contributed by atoms with E-state index in [-0.39, 0.29) is 18.5 Å². The molecular formula is C25H17ClN4O3. The van der Waals surface area contributed by atoms with Gasteiger partial charge in [0.15, 0.2) is 0 Å². The Morgan fingerprint density at radius 3 is 2.30 bits per heavy atom.